The lowest BCUT2D eigenvalue weighted by molar-refractivity contribution is 0.256. The lowest BCUT2D eigenvalue weighted by Crippen LogP contribution is -2.45. The zero-order valence-corrected chi connectivity index (χ0v) is 12.2. The van der Waals surface area contributed by atoms with Crippen molar-refractivity contribution in [3.8, 4) is 5.75 Å². The summed E-state index contributed by atoms with van der Waals surface area (Å²) in [6.07, 6.45) is 0. The fourth-order valence-electron chi connectivity index (χ4n) is 2.28. The first-order chi connectivity index (χ1) is 9.20. The van der Waals surface area contributed by atoms with E-state index in [0.717, 1.165) is 44.3 Å². The molecule has 0 bridgehead atoms. The summed E-state index contributed by atoms with van der Waals surface area (Å²) in [5.41, 5.74) is 2.38. The van der Waals surface area contributed by atoms with E-state index in [-0.39, 0.29) is 0 Å². The molecule has 1 aromatic carbocycles. The van der Waals surface area contributed by atoms with Crippen LogP contribution in [0.2, 0.25) is 0 Å². The van der Waals surface area contributed by atoms with Crippen LogP contribution in [0.1, 0.15) is 25.3 Å². The largest absolute Gasteiger partial charge is 0.495 e. The smallest absolute Gasteiger partial charge is 0.142 e. The molecule has 0 aliphatic carbocycles. The standard InChI is InChI=1S/C15H25N3O/c1-12(2)13-4-5-14(15(10-13)19-3)17-11-18-8-6-16-7-9-18/h4-5,10,12,16-17H,6-9,11H2,1-3H3. The highest BCUT2D eigenvalue weighted by molar-refractivity contribution is 5.58. The first kappa shape index (κ1) is 14.2. The van der Waals surface area contributed by atoms with Crippen molar-refractivity contribution >= 4 is 5.69 Å². The lowest BCUT2D eigenvalue weighted by Gasteiger charge is -2.28. The van der Waals surface area contributed by atoms with Crippen molar-refractivity contribution in [1.82, 2.24) is 10.2 Å². The van der Waals surface area contributed by atoms with Crippen molar-refractivity contribution in [3.63, 3.8) is 0 Å². The van der Waals surface area contributed by atoms with E-state index < -0.39 is 0 Å². The monoisotopic (exact) mass is 263 g/mol. The first-order valence-electron chi connectivity index (χ1n) is 7.05. The summed E-state index contributed by atoms with van der Waals surface area (Å²) >= 11 is 0. The van der Waals surface area contributed by atoms with Crippen LogP contribution in [0.4, 0.5) is 5.69 Å². The number of rotatable bonds is 5. The molecule has 0 saturated carbocycles. The van der Waals surface area contributed by atoms with Crippen LogP contribution in [0.5, 0.6) is 5.75 Å². The molecule has 1 saturated heterocycles. The van der Waals surface area contributed by atoms with Gasteiger partial charge in [-0.2, -0.15) is 0 Å². The maximum absolute atomic E-state index is 5.48. The molecular weight excluding hydrogens is 238 g/mol. The SMILES string of the molecule is COc1cc(C(C)C)ccc1NCN1CCNCC1. The van der Waals surface area contributed by atoms with E-state index >= 15 is 0 Å². The Kier molecular flexibility index (Phi) is 5.05. The fraction of sp³-hybridized carbons (Fsp3) is 0.600. The van der Waals surface area contributed by atoms with Gasteiger partial charge >= 0.3 is 0 Å². The van der Waals surface area contributed by atoms with E-state index in [0.29, 0.717) is 5.92 Å². The molecule has 106 valence electrons. The minimum absolute atomic E-state index is 0.524. The number of nitrogens with zero attached hydrogens (tertiary/aromatic N) is 1. The van der Waals surface area contributed by atoms with Gasteiger partial charge in [-0.05, 0) is 23.6 Å². The summed E-state index contributed by atoms with van der Waals surface area (Å²) in [5.74, 6) is 1.46. The van der Waals surface area contributed by atoms with E-state index in [4.69, 9.17) is 4.74 Å². The van der Waals surface area contributed by atoms with Crippen LogP contribution >= 0.6 is 0 Å². The van der Waals surface area contributed by atoms with Gasteiger partial charge in [0.2, 0.25) is 0 Å². The molecule has 4 nitrogen and oxygen atoms in total. The molecule has 0 aromatic heterocycles. The maximum atomic E-state index is 5.48. The van der Waals surface area contributed by atoms with Crippen LogP contribution in [-0.4, -0.2) is 44.9 Å². The molecule has 0 radical (unpaired) electrons. The molecule has 1 fully saturated rings. The van der Waals surface area contributed by atoms with Gasteiger partial charge in [0.1, 0.15) is 5.75 Å². The van der Waals surface area contributed by atoms with Crippen molar-refractivity contribution < 1.29 is 4.74 Å². The fourth-order valence-corrected chi connectivity index (χ4v) is 2.28. The van der Waals surface area contributed by atoms with Gasteiger partial charge in [0, 0.05) is 26.2 Å². The van der Waals surface area contributed by atoms with Crippen LogP contribution in [0.25, 0.3) is 0 Å². The van der Waals surface area contributed by atoms with Crippen LogP contribution in [0.15, 0.2) is 18.2 Å². The number of methoxy groups -OCH3 is 1. The molecule has 0 spiro atoms. The highest BCUT2D eigenvalue weighted by atomic mass is 16.5. The second-order valence-electron chi connectivity index (χ2n) is 5.32. The summed E-state index contributed by atoms with van der Waals surface area (Å²) in [4.78, 5) is 2.41. The molecule has 2 N–H and O–H groups in total. The van der Waals surface area contributed by atoms with Crippen molar-refractivity contribution in [2.75, 3.05) is 45.3 Å². The van der Waals surface area contributed by atoms with Gasteiger partial charge in [0.05, 0.1) is 19.5 Å². The Bertz CT molecular complexity index is 400. The molecule has 2 rings (SSSR count). The number of hydrogen-bond donors (Lipinski definition) is 2. The number of nitrogens with one attached hydrogen (secondary N) is 2. The summed E-state index contributed by atoms with van der Waals surface area (Å²) in [6, 6.07) is 6.43. The van der Waals surface area contributed by atoms with Gasteiger partial charge < -0.3 is 15.4 Å². The highest BCUT2D eigenvalue weighted by Gasteiger charge is 2.11. The lowest BCUT2D eigenvalue weighted by atomic mass is 10.0. The Labute approximate surface area is 116 Å². The predicted octanol–water partition coefficient (Wildman–Crippen LogP) is 2.09. The van der Waals surface area contributed by atoms with E-state index in [2.05, 4.69) is 47.6 Å². The Morgan fingerprint density at radius 3 is 2.68 bits per heavy atom. The average Bonchev–Trinajstić information content (AvgIpc) is 2.45. The van der Waals surface area contributed by atoms with E-state index in [1.165, 1.54) is 5.56 Å². The van der Waals surface area contributed by atoms with Crippen molar-refractivity contribution in [3.05, 3.63) is 23.8 Å². The Hall–Kier alpha value is -1.26. The molecular formula is C15H25N3O. The van der Waals surface area contributed by atoms with E-state index in [1.807, 2.05) is 0 Å². The Balaban J connectivity index is 1.98. The molecule has 1 aliphatic rings. The minimum atomic E-state index is 0.524. The molecule has 4 heteroatoms. The molecule has 19 heavy (non-hydrogen) atoms. The highest BCUT2D eigenvalue weighted by Crippen LogP contribution is 2.28. The van der Waals surface area contributed by atoms with Gasteiger partial charge in [0.15, 0.2) is 0 Å². The molecule has 0 amide bonds. The summed E-state index contributed by atoms with van der Waals surface area (Å²) in [5, 5.41) is 6.83. The van der Waals surface area contributed by atoms with E-state index in [1.54, 1.807) is 7.11 Å². The zero-order valence-electron chi connectivity index (χ0n) is 12.2. The molecule has 1 heterocycles. The average molecular weight is 263 g/mol. The number of hydrogen-bond acceptors (Lipinski definition) is 4. The van der Waals surface area contributed by atoms with Crippen molar-refractivity contribution in [2.24, 2.45) is 0 Å². The second kappa shape index (κ2) is 6.78. The summed E-state index contributed by atoms with van der Waals surface area (Å²) < 4.78 is 5.48. The number of anilines is 1. The van der Waals surface area contributed by atoms with Crippen molar-refractivity contribution in [1.29, 1.82) is 0 Å². The zero-order chi connectivity index (χ0) is 13.7. The van der Waals surface area contributed by atoms with Gasteiger partial charge in [-0.15, -0.1) is 0 Å². The maximum Gasteiger partial charge on any atom is 0.142 e. The minimum Gasteiger partial charge on any atom is -0.495 e. The third kappa shape index (κ3) is 3.85. The van der Waals surface area contributed by atoms with Crippen LogP contribution in [-0.2, 0) is 0 Å². The number of benzene rings is 1. The van der Waals surface area contributed by atoms with Crippen LogP contribution < -0.4 is 15.4 Å². The third-order valence-corrected chi connectivity index (χ3v) is 3.59. The predicted molar refractivity (Wildman–Crippen MR) is 80.0 cm³/mol. The molecule has 0 unspecified atom stereocenters. The van der Waals surface area contributed by atoms with Gasteiger partial charge in [-0.25, -0.2) is 0 Å². The van der Waals surface area contributed by atoms with Gasteiger partial charge in [0.25, 0.3) is 0 Å². The Morgan fingerprint density at radius 2 is 2.05 bits per heavy atom. The van der Waals surface area contributed by atoms with Gasteiger partial charge in [-0.3, -0.25) is 4.90 Å². The number of ether oxygens (including phenoxy) is 1. The van der Waals surface area contributed by atoms with Gasteiger partial charge in [-0.1, -0.05) is 19.9 Å². The van der Waals surface area contributed by atoms with Crippen molar-refractivity contribution in [2.45, 2.75) is 19.8 Å². The molecule has 1 aromatic rings. The summed E-state index contributed by atoms with van der Waals surface area (Å²) in [6.45, 7) is 9.61. The third-order valence-electron chi connectivity index (χ3n) is 3.59. The van der Waals surface area contributed by atoms with Crippen LogP contribution in [0.3, 0.4) is 0 Å². The quantitative estimate of drug-likeness (QED) is 0.853. The number of piperazine rings is 1. The molecule has 0 atom stereocenters. The van der Waals surface area contributed by atoms with Crippen LogP contribution in [0, 0.1) is 0 Å². The summed E-state index contributed by atoms with van der Waals surface area (Å²) in [7, 11) is 1.73. The molecule has 1 aliphatic heterocycles. The van der Waals surface area contributed by atoms with E-state index in [9.17, 15) is 0 Å². The topological polar surface area (TPSA) is 36.5 Å². The Morgan fingerprint density at radius 1 is 1.32 bits per heavy atom. The normalized spacial score (nSPS) is 16.6. The first-order valence-corrected chi connectivity index (χ1v) is 7.05. The second-order valence-corrected chi connectivity index (χ2v) is 5.32.